The molecule has 126 valence electrons. The molecule has 0 fully saturated rings. The van der Waals surface area contributed by atoms with E-state index in [1.54, 1.807) is 0 Å². The predicted molar refractivity (Wildman–Crippen MR) is 81.0 cm³/mol. The van der Waals surface area contributed by atoms with E-state index in [4.69, 9.17) is 20.4 Å². The highest BCUT2D eigenvalue weighted by Crippen LogP contribution is 2.18. The molecule has 0 bridgehead atoms. The summed E-state index contributed by atoms with van der Waals surface area (Å²) >= 11 is 0. The van der Waals surface area contributed by atoms with Gasteiger partial charge in [-0.15, -0.1) is 0 Å². The molecule has 4 N–H and O–H groups in total. The first kappa shape index (κ1) is 18.6. The van der Waals surface area contributed by atoms with Crippen molar-refractivity contribution in [2.45, 2.75) is 12.8 Å². The van der Waals surface area contributed by atoms with Crippen LogP contribution in [0.25, 0.3) is 0 Å². The van der Waals surface area contributed by atoms with Gasteiger partial charge in [0.1, 0.15) is 0 Å². The number of hydrogen-bond donors (Lipinski definition) is 4. The number of carboxylic acids is 4. The van der Waals surface area contributed by atoms with E-state index >= 15 is 0 Å². The number of benzene rings is 1. The van der Waals surface area contributed by atoms with Crippen LogP contribution >= 0.6 is 0 Å². The molecule has 0 saturated carbocycles. The molecule has 0 radical (unpaired) electrons. The fourth-order valence-corrected chi connectivity index (χ4v) is 1.78. The SMILES string of the molecule is O=C(O)C1=CC=C(C(=O)O)CC1.O=C(O)c1cccc(C(=O)O)c1. The van der Waals surface area contributed by atoms with E-state index in [1.807, 2.05) is 0 Å². The Labute approximate surface area is 136 Å². The van der Waals surface area contributed by atoms with E-state index in [-0.39, 0.29) is 22.3 Å². The zero-order valence-electron chi connectivity index (χ0n) is 12.3. The average Bonchev–Trinajstić information content (AvgIpc) is 2.55. The first-order valence-corrected chi connectivity index (χ1v) is 6.65. The van der Waals surface area contributed by atoms with Crippen LogP contribution in [0.2, 0.25) is 0 Å². The minimum atomic E-state index is -1.13. The first-order chi connectivity index (χ1) is 11.2. The Balaban J connectivity index is 0.000000240. The summed E-state index contributed by atoms with van der Waals surface area (Å²) in [5.74, 6) is -4.21. The lowest BCUT2D eigenvalue weighted by molar-refractivity contribution is -0.134. The highest BCUT2D eigenvalue weighted by Gasteiger charge is 2.15. The Morgan fingerprint density at radius 3 is 1.29 bits per heavy atom. The van der Waals surface area contributed by atoms with Crippen LogP contribution in [0, 0.1) is 0 Å². The third-order valence-corrected chi connectivity index (χ3v) is 3.06. The molecule has 1 aliphatic rings. The van der Waals surface area contributed by atoms with Gasteiger partial charge in [0.05, 0.1) is 11.1 Å². The highest BCUT2D eigenvalue weighted by atomic mass is 16.4. The van der Waals surface area contributed by atoms with Crippen molar-refractivity contribution in [1.29, 1.82) is 0 Å². The van der Waals surface area contributed by atoms with Gasteiger partial charge in [0.15, 0.2) is 0 Å². The van der Waals surface area contributed by atoms with E-state index in [0.29, 0.717) is 12.8 Å². The van der Waals surface area contributed by atoms with Gasteiger partial charge in [-0.25, -0.2) is 19.2 Å². The second-order valence-electron chi connectivity index (χ2n) is 4.69. The van der Waals surface area contributed by atoms with Gasteiger partial charge in [-0.1, -0.05) is 18.2 Å². The molecule has 0 amide bonds. The Kier molecular flexibility index (Phi) is 6.42. The molecule has 2 rings (SSSR count). The van der Waals surface area contributed by atoms with Crippen LogP contribution in [0.4, 0.5) is 0 Å². The number of hydrogen-bond acceptors (Lipinski definition) is 4. The topological polar surface area (TPSA) is 149 Å². The van der Waals surface area contributed by atoms with Gasteiger partial charge in [0.25, 0.3) is 0 Å². The minimum Gasteiger partial charge on any atom is -0.478 e. The summed E-state index contributed by atoms with van der Waals surface area (Å²) in [4.78, 5) is 41.5. The molecule has 1 aromatic carbocycles. The Bertz CT molecular complexity index is 683. The molecule has 8 heteroatoms. The number of aliphatic carboxylic acids is 2. The molecule has 1 aromatic rings. The lowest BCUT2D eigenvalue weighted by atomic mass is 9.99. The van der Waals surface area contributed by atoms with Crippen molar-refractivity contribution in [3.63, 3.8) is 0 Å². The van der Waals surface area contributed by atoms with E-state index in [9.17, 15) is 19.2 Å². The fraction of sp³-hybridized carbons (Fsp3) is 0.125. The monoisotopic (exact) mass is 334 g/mol. The predicted octanol–water partition coefficient (Wildman–Crippen LogP) is 1.89. The van der Waals surface area contributed by atoms with Gasteiger partial charge in [-0.05, 0) is 31.0 Å². The molecule has 0 aliphatic heterocycles. The number of aromatic carboxylic acids is 2. The Hall–Kier alpha value is -3.42. The van der Waals surface area contributed by atoms with Crippen LogP contribution < -0.4 is 0 Å². The Morgan fingerprint density at radius 2 is 1.04 bits per heavy atom. The normalized spacial score (nSPS) is 12.8. The largest absolute Gasteiger partial charge is 0.478 e. The van der Waals surface area contributed by atoms with Gasteiger partial charge >= 0.3 is 23.9 Å². The van der Waals surface area contributed by atoms with Crippen molar-refractivity contribution in [2.24, 2.45) is 0 Å². The summed E-state index contributed by atoms with van der Waals surface area (Å²) in [6.45, 7) is 0. The Morgan fingerprint density at radius 1 is 0.667 bits per heavy atom. The van der Waals surface area contributed by atoms with Crippen LogP contribution in [0.1, 0.15) is 33.6 Å². The molecule has 24 heavy (non-hydrogen) atoms. The van der Waals surface area contributed by atoms with E-state index < -0.39 is 23.9 Å². The molecule has 0 saturated heterocycles. The van der Waals surface area contributed by atoms with Crippen molar-refractivity contribution >= 4 is 23.9 Å². The van der Waals surface area contributed by atoms with Crippen molar-refractivity contribution in [2.75, 3.05) is 0 Å². The van der Waals surface area contributed by atoms with Gasteiger partial charge in [0, 0.05) is 11.1 Å². The number of carboxylic acid groups (broad SMARTS) is 4. The summed E-state index contributed by atoms with van der Waals surface area (Å²) < 4.78 is 0. The number of allylic oxidation sites excluding steroid dienone is 2. The van der Waals surface area contributed by atoms with Crippen LogP contribution in [0.3, 0.4) is 0 Å². The molecule has 1 aliphatic carbocycles. The van der Waals surface area contributed by atoms with Crippen molar-refractivity contribution in [1.82, 2.24) is 0 Å². The van der Waals surface area contributed by atoms with Crippen molar-refractivity contribution < 1.29 is 39.6 Å². The van der Waals surface area contributed by atoms with Gasteiger partial charge < -0.3 is 20.4 Å². The molecule has 0 aromatic heterocycles. The lowest BCUT2D eigenvalue weighted by Crippen LogP contribution is -2.08. The van der Waals surface area contributed by atoms with E-state index in [0.717, 1.165) is 6.07 Å². The third kappa shape index (κ3) is 5.41. The molecule has 0 atom stereocenters. The minimum absolute atomic E-state index is 0.0186. The summed E-state index contributed by atoms with van der Waals surface area (Å²) in [5.41, 5.74) is 0.491. The smallest absolute Gasteiger partial charge is 0.335 e. The molecule has 8 nitrogen and oxygen atoms in total. The molecular weight excluding hydrogens is 320 g/mol. The maximum atomic E-state index is 10.4. The zero-order valence-corrected chi connectivity index (χ0v) is 12.3. The summed E-state index contributed by atoms with van der Waals surface area (Å²) in [5, 5.41) is 34.0. The second-order valence-corrected chi connectivity index (χ2v) is 4.69. The second kappa shape index (κ2) is 8.28. The lowest BCUT2D eigenvalue weighted by Gasteiger charge is -2.07. The van der Waals surface area contributed by atoms with Crippen LogP contribution in [-0.2, 0) is 9.59 Å². The standard InChI is InChI=1S/C8H8O4.C8H6O4/c9-7(10)5-1-2-6(4-3-5)8(11)12;9-7(10)5-2-1-3-6(4-5)8(11)12/h1-2H,3-4H2,(H,9,10)(H,11,12);1-4H,(H,9,10)(H,11,12). The summed E-state index contributed by atoms with van der Waals surface area (Å²) in [7, 11) is 0. The number of rotatable bonds is 4. The maximum absolute atomic E-state index is 10.4. The molecular formula is C16H14O8. The first-order valence-electron chi connectivity index (χ1n) is 6.65. The van der Waals surface area contributed by atoms with Crippen molar-refractivity contribution in [3.8, 4) is 0 Å². The van der Waals surface area contributed by atoms with Crippen LogP contribution in [-0.4, -0.2) is 44.3 Å². The third-order valence-electron chi connectivity index (χ3n) is 3.06. The van der Waals surface area contributed by atoms with Crippen LogP contribution in [0.15, 0.2) is 47.6 Å². The molecule has 0 spiro atoms. The quantitative estimate of drug-likeness (QED) is 0.652. The summed E-state index contributed by atoms with van der Waals surface area (Å²) in [6.07, 6.45) is 3.28. The fourth-order valence-electron chi connectivity index (χ4n) is 1.78. The zero-order chi connectivity index (χ0) is 18.3. The van der Waals surface area contributed by atoms with Crippen molar-refractivity contribution in [3.05, 3.63) is 58.7 Å². The van der Waals surface area contributed by atoms with Gasteiger partial charge in [0.2, 0.25) is 0 Å². The van der Waals surface area contributed by atoms with Gasteiger partial charge in [-0.3, -0.25) is 0 Å². The van der Waals surface area contributed by atoms with E-state index in [1.165, 1.54) is 30.4 Å². The van der Waals surface area contributed by atoms with Gasteiger partial charge in [-0.2, -0.15) is 0 Å². The number of carbonyl (C=O) groups is 4. The average molecular weight is 334 g/mol. The molecule has 0 unspecified atom stereocenters. The van der Waals surface area contributed by atoms with E-state index in [2.05, 4.69) is 0 Å². The van der Waals surface area contributed by atoms with Crippen LogP contribution in [0.5, 0.6) is 0 Å². The highest BCUT2D eigenvalue weighted by molar-refractivity contribution is 5.93. The molecule has 0 heterocycles. The summed E-state index contributed by atoms with van der Waals surface area (Å²) in [6, 6.07) is 5.20. The maximum Gasteiger partial charge on any atom is 0.335 e.